The number of carbonyl (C=O) groups excluding carboxylic acids is 1. The van der Waals surface area contributed by atoms with Gasteiger partial charge in [-0.1, -0.05) is 76.5 Å². The fraction of sp³-hybridized carbons (Fsp3) is 0.611. The van der Waals surface area contributed by atoms with Crippen molar-refractivity contribution in [2.75, 3.05) is 0 Å². The standard InChI is InChI=1S/C18H28O4S.Na.H/c1-2-3-4-5-6-7-8-9-13-16-18(19)22-23(20,21)17-14-11-10-12-15-17;;/h10-12,14-15H,2-9,13,16H2,1H3;;/q;+1;-1. The summed E-state index contributed by atoms with van der Waals surface area (Å²) in [5, 5.41) is 0. The molecule has 132 valence electrons. The van der Waals surface area contributed by atoms with Crippen LogP contribution in [0.15, 0.2) is 35.2 Å². The fourth-order valence-electron chi connectivity index (χ4n) is 2.38. The Bertz CT molecular complexity index is 549. The Morgan fingerprint density at radius 1 is 0.917 bits per heavy atom. The van der Waals surface area contributed by atoms with Gasteiger partial charge in [-0.3, -0.25) is 4.79 Å². The Balaban J connectivity index is 0. The molecule has 0 spiro atoms. The van der Waals surface area contributed by atoms with Crippen LogP contribution < -0.4 is 29.6 Å². The van der Waals surface area contributed by atoms with Crippen molar-refractivity contribution in [1.29, 1.82) is 0 Å². The van der Waals surface area contributed by atoms with E-state index >= 15 is 0 Å². The summed E-state index contributed by atoms with van der Waals surface area (Å²) < 4.78 is 28.3. The topological polar surface area (TPSA) is 60.4 Å². The molecule has 1 rings (SSSR count). The Morgan fingerprint density at radius 2 is 1.42 bits per heavy atom. The molecule has 1 aromatic rings. The van der Waals surface area contributed by atoms with Crippen molar-refractivity contribution in [2.45, 2.75) is 76.0 Å². The molecule has 0 saturated carbocycles. The van der Waals surface area contributed by atoms with Crippen LogP contribution in [-0.2, 0) is 19.1 Å². The Morgan fingerprint density at radius 3 is 1.96 bits per heavy atom. The maximum Gasteiger partial charge on any atom is 1.00 e. The second kappa shape index (κ2) is 13.9. The quantitative estimate of drug-likeness (QED) is 0.323. The monoisotopic (exact) mass is 364 g/mol. The van der Waals surface area contributed by atoms with E-state index in [4.69, 9.17) is 0 Å². The van der Waals surface area contributed by atoms with Gasteiger partial charge in [-0.15, -0.1) is 0 Å². The fourth-order valence-corrected chi connectivity index (χ4v) is 3.29. The molecule has 0 bridgehead atoms. The molecule has 1 aromatic carbocycles. The van der Waals surface area contributed by atoms with Gasteiger partial charge in [0.2, 0.25) is 0 Å². The Hall–Kier alpha value is -0.360. The zero-order valence-electron chi connectivity index (χ0n) is 16.0. The van der Waals surface area contributed by atoms with Crippen LogP contribution in [0.5, 0.6) is 0 Å². The number of rotatable bonds is 12. The molecular weight excluding hydrogens is 335 g/mol. The number of carbonyl (C=O) groups is 1. The molecule has 0 amide bonds. The molecule has 0 aliphatic carbocycles. The third kappa shape index (κ3) is 10.5. The van der Waals surface area contributed by atoms with Crippen LogP contribution in [0.4, 0.5) is 0 Å². The molecule has 0 N–H and O–H groups in total. The van der Waals surface area contributed by atoms with Crippen molar-refractivity contribution in [3.63, 3.8) is 0 Å². The van der Waals surface area contributed by atoms with Gasteiger partial charge in [0.25, 0.3) is 0 Å². The predicted octanol–water partition coefficient (Wildman–Crippen LogP) is 1.96. The van der Waals surface area contributed by atoms with Gasteiger partial charge < -0.3 is 5.61 Å². The van der Waals surface area contributed by atoms with Gasteiger partial charge in [-0.05, 0) is 18.6 Å². The number of unbranched alkanes of at least 4 members (excludes halogenated alkanes) is 8. The van der Waals surface area contributed by atoms with E-state index in [0.29, 0.717) is 6.42 Å². The first kappa shape index (κ1) is 23.6. The predicted molar refractivity (Wildman–Crippen MR) is 92.7 cm³/mol. The van der Waals surface area contributed by atoms with Crippen LogP contribution in [0.2, 0.25) is 0 Å². The summed E-state index contributed by atoms with van der Waals surface area (Å²) in [6, 6.07) is 7.74. The molecule has 0 radical (unpaired) electrons. The molecule has 0 aliphatic heterocycles. The van der Waals surface area contributed by atoms with Crippen LogP contribution in [0.25, 0.3) is 0 Å². The molecule has 4 nitrogen and oxygen atoms in total. The van der Waals surface area contributed by atoms with Gasteiger partial charge in [-0.2, -0.15) is 8.42 Å². The van der Waals surface area contributed by atoms with Crippen molar-refractivity contribution in [3.05, 3.63) is 30.3 Å². The van der Waals surface area contributed by atoms with Crippen molar-refractivity contribution in [1.82, 2.24) is 0 Å². The van der Waals surface area contributed by atoms with E-state index in [1.807, 2.05) is 0 Å². The second-order valence-electron chi connectivity index (χ2n) is 5.80. The molecule has 0 unspecified atom stereocenters. The summed E-state index contributed by atoms with van der Waals surface area (Å²) in [5.74, 6) is -0.670. The van der Waals surface area contributed by atoms with Crippen LogP contribution >= 0.6 is 0 Å². The molecule has 0 aromatic heterocycles. The number of hydrogen-bond acceptors (Lipinski definition) is 4. The van der Waals surface area contributed by atoms with Crippen molar-refractivity contribution < 1.29 is 48.4 Å². The minimum Gasteiger partial charge on any atom is -1.00 e. The van der Waals surface area contributed by atoms with Crippen molar-refractivity contribution in [2.24, 2.45) is 0 Å². The summed E-state index contributed by atoms with van der Waals surface area (Å²) in [7, 11) is -3.97. The first-order valence-electron chi connectivity index (χ1n) is 8.58. The SMILES string of the molecule is CCCCCCCCCCCC(=O)OS(=O)(=O)c1ccccc1.[H-].[Na+]. The second-order valence-corrected chi connectivity index (χ2v) is 7.35. The minimum atomic E-state index is -3.97. The molecule has 0 fully saturated rings. The molecule has 0 saturated heterocycles. The van der Waals surface area contributed by atoms with Crippen molar-refractivity contribution in [3.8, 4) is 0 Å². The van der Waals surface area contributed by atoms with Crippen molar-refractivity contribution >= 4 is 16.1 Å². The average molecular weight is 364 g/mol. The van der Waals surface area contributed by atoms with Gasteiger partial charge in [0, 0.05) is 6.42 Å². The third-order valence-corrected chi connectivity index (χ3v) is 4.97. The van der Waals surface area contributed by atoms with E-state index in [1.54, 1.807) is 18.2 Å². The minimum absolute atomic E-state index is 0. The van der Waals surface area contributed by atoms with E-state index in [2.05, 4.69) is 11.1 Å². The number of hydrogen-bond donors (Lipinski definition) is 0. The van der Waals surface area contributed by atoms with Gasteiger partial charge in [-0.25, -0.2) is 0 Å². The summed E-state index contributed by atoms with van der Waals surface area (Å²) >= 11 is 0. The van der Waals surface area contributed by atoms with Gasteiger partial charge >= 0.3 is 45.6 Å². The largest absolute Gasteiger partial charge is 1.00 e. The molecule has 24 heavy (non-hydrogen) atoms. The van der Waals surface area contributed by atoms with Crippen LogP contribution in [-0.4, -0.2) is 14.4 Å². The molecular formula is C18H29NaO4S. The summed E-state index contributed by atoms with van der Waals surface area (Å²) in [6.07, 6.45) is 10.4. The molecule has 0 aliphatic rings. The summed E-state index contributed by atoms with van der Waals surface area (Å²) in [5.41, 5.74) is 0. The zero-order valence-corrected chi connectivity index (χ0v) is 17.8. The maximum atomic E-state index is 11.9. The maximum absolute atomic E-state index is 11.9. The van der Waals surface area contributed by atoms with Gasteiger partial charge in [0.1, 0.15) is 4.90 Å². The van der Waals surface area contributed by atoms with Gasteiger partial charge in [0.05, 0.1) is 0 Å². The Kier molecular flexibility index (Phi) is 13.7. The first-order chi connectivity index (χ1) is 11.1. The molecule has 6 heteroatoms. The first-order valence-corrected chi connectivity index (χ1v) is 9.99. The smallest absolute Gasteiger partial charge is 1.00 e. The van der Waals surface area contributed by atoms with E-state index in [1.165, 1.54) is 50.7 Å². The number of benzene rings is 1. The van der Waals surface area contributed by atoms with Crippen LogP contribution in [0.1, 0.15) is 72.6 Å². The van der Waals surface area contributed by atoms with E-state index < -0.39 is 16.1 Å². The molecule has 0 heterocycles. The Labute approximate surface area is 170 Å². The van der Waals surface area contributed by atoms with E-state index in [-0.39, 0.29) is 42.3 Å². The molecule has 0 atom stereocenters. The third-order valence-electron chi connectivity index (χ3n) is 3.72. The van der Waals surface area contributed by atoms with Crippen LogP contribution in [0.3, 0.4) is 0 Å². The van der Waals surface area contributed by atoms with Gasteiger partial charge in [0.15, 0.2) is 0 Å². The average Bonchev–Trinajstić information content (AvgIpc) is 2.54. The van der Waals surface area contributed by atoms with Crippen LogP contribution in [0, 0.1) is 0 Å². The van der Waals surface area contributed by atoms with E-state index in [0.717, 1.165) is 12.8 Å². The normalized spacial score (nSPS) is 10.9. The summed E-state index contributed by atoms with van der Waals surface area (Å²) in [4.78, 5) is 11.7. The summed E-state index contributed by atoms with van der Waals surface area (Å²) in [6.45, 7) is 2.21. The van der Waals surface area contributed by atoms with E-state index in [9.17, 15) is 13.2 Å². The zero-order chi connectivity index (χ0) is 17.0.